The zero-order valence-electron chi connectivity index (χ0n) is 7.81. The molecule has 0 spiro atoms. The van der Waals surface area contributed by atoms with E-state index in [1.54, 1.807) is 23.0 Å². The minimum absolute atomic E-state index is 0.244. The molecular weight excluding hydrogens is 213 g/mol. The summed E-state index contributed by atoms with van der Waals surface area (Å²) in [4.78, 5) is 14.3. The van der Waals surface area contributed by atoms with Crippen molar-refractivity contribution < 1.29 is 9.18 Å². The van der Waals surface area contributed by atoms with E-state index in [9.17, 15) is 9.18 Å². The summed E-state index contributed by atoms with van der Waals surface area (Å²) in [5.74, 6) is -0.333. The lowest BCUT2D eigenvalue weighted by Crippen LogP contribution is -1.90. The highest BCUT2D eigenvalue weighted by molar-refractivity contribution is 7.07. The molecule has 0 amide bonds. The standard InChI is InChI=1S/C11H8FNOS/c12-10-5-8(3-4-14)1-2-9(10)11-6-15-7-13-11/h1-2,4-7H,3H2. The van der Waals surface area contributed by atoms with Gasteiger partial charge in [0.2, 0.25) is 0 Å². The first kappa shape index (κ1) is 9.98. The van der Waals surface area contributed by atoms with Crippen molar-refractivity contribution in [2.75, 3.05) is 0 Å². The molecule has 0 saturated heterocycles. The molecule has 0 saturated carbocycles. The highest BCUT2D eigenvalue weighted by Gasteiger charge is 2.07. The molecule has 2 aromatic rings. The maximum absolute atomic E-state index is 13.6. The monoisotopic (exact) mass is 221 g/mol. The van der Waals surface area contributed by atoms with Gasteiger partial charge in [0.25, 0.3) is 0 Å². The minimum atomic E-state index is -0.333. The van der Waals surface area contributed by atoms with Gasteiger partial charge in [-0.25, -0.2) is 9.37 Å². The molecule has 15 heavy (non-hydrogen) atoms. The number of hydrogen-bond acceptors (Lipinski definition) is 3. The molecule has 0 unspecified atom stereocenters. The van der Waals surface area contributed by atoms with E-state index < -0.39 is 0 Å². The Balaban J connectivity index is 2.39. The fraction of sp³-hybridized carbons (Fsp3) is 0.0909. The second kappa shape index (κ2) is 4.31. The Bertz CT molecular complexity index is 467. The van der Waals surface area contributed by atoms with Crippen molar-refractivity contribution in [2.45, 2.75) is 6.42 Å². The molecule has 0 N–H and O–H groups in total. The van der Waals surface area contributed by atoms with E-state index in [0.717, 1.165) is 6.29 Å². The van der Waals surface area contributed by atoms with Crippen LogP contribution in [0.4, 0.5) is 4.39 Å². The second-order valence-electron chi connectivity index (χ2n) is 3.06. The van der Waals surface area contributed by atoms with E-state index in [2.05, 4.69) is 4.98 Å². The first-order valence-electron chi connectivity index (χ1n) is 4.42. The molecule has 0 atom stereocenters. The molecule has 2 rings (SSSR count). The van der Waals surface area contributed by atoms with E-state index in [1.807, 2.05) is 0 Å². The van der Waals surface area contributed by atoms with Crippen molar-refractivity contribution in [1.82, 2.24) is 4.98 Å². The first-order chi connectivity index (χ1) is 7.31. The van der Waals surface area contributed by atoms with Crippen LogP contribution in [0.1, 0.15) is 5.56 Å². The third-order valence-electron chi connectivity index (χ3n) is 2.06. The quantitative estimate of drug-likeness (QED) is 0.746. The molecule has 2 nitrogen and oxygen atoms in total. The summed E-state index contributed by atoms with van der Waals surface area (Å²) < 4.78 is 13.6. The maximum Gasteiger partial charge on any atom is 0.132 e. The number of halogens is 1. The molecule has 4 heteroatoms. The summed E-state index contributed by atoms with van der Waals surface area (Å²) in [5.41, 5.74) is 3.45. The summed E-state index contributed by atoms with van der Waals surface area (Å²) in [6, 6.07) is 4.78. The van der Waals surface area contributed by atoms with Crippen LogP contribution in [0.2, 0.25) is 0 Å². The van der Waals surface area contributed by atoms with E-state index in [0.29, 0.717) is 16.8 Å². The summed E-state index contributed by atoms with van der Waals surface area (Å²) in [6.45, 7) is 0. The Hall–Kier alpha value is -1.55. The highest BCUT2D eigenvalue weighted by Crippen LogP contribution is 2.23. The van der Waals surface area contributed by atoms with Gasteiger partial charge in [0.15, 0.2) is 0 Å². The fourth-order valence-corrected chi connectivity index (χ4v) is 1.89. The van der Waals surface area contributed by atoms with Crippen molar-refractivity contribution in [3.8, 4) is 11.3 Å². The van der Waals surface area contributed by atoms with Gasteiger partial charge in [-0.1, -0.05) is 6.07 Å². The van der Waals surface area contributed by atoms with E-state index in [4.69, 9.17) is 0 Å². The van der Waals surface area contributed by atoms with Gasteiger partial charge in [-0.05, 0) is 17.7 Å². The largest absolute Gasteiger partial charge is 0.303 e. The zero-order chi connectivity index (χ0) is 10.7. The Labute approximate surface area is 90.4 Å². The first-order valence-corrected chi connectivity index (χ1v) is 5.36. The normalized spacial score (nSPS) is 10.2. The van der Waals surface area contributed by atoms with Gasteiger partial charge in [0, 0.05) is 17.4 Å². The van der Waals surface area contributed by atoms with Crippen LogP contribution < -0.4 is 0 Å². The molecule has 0 aliphatic carbocycles. The van der Waals surface area contributed by atoms with Gasteiger partial charge >= 0.3 is 0 Å². The SMILES string of the molecule is O=CCc1ccc(-c2cscn2)c(F)c1. The third kappa shape index (κ3) is 2.10. The van der Waals surface area contributed by atoms with Gasteiger partial charge in [0.05, 0.1) is 11.2 Å². The van der Waals surface area contributed by atoms with Crippen molar-refractivity contribution in [1.29, 1.82) is 0 Å². The summed E-state index contributed by atoms with van der Waals surface area (Å²) >= 11 is 1.42. The van der Waals surface area contributed by atoms with E-state index in [-0.39, 0.29) is 12.2 Å². The lowest BCUT2D eigenvalue weighted by atomic mass is 10.1. The van der Waals surface area contributed by atoms with Gasteiger partial charge in [-0.2, -0.15) is 0 Å². The minimum Gasteiger partial charge on any atom is -0.303 e. The predicted molar refractivity (Wildman–Crippen MR) is 57.3 cm³/mol. The van der Waals surface area contributed by atoms with Crippen LogP contribution in [0.15, 0.2) is 29.1 Å². The van der Waals surface area contributed by atoms with Gasteiger partial charge < -0.3 is 4.79 Å². The fourth-order valence-electron chi connectivity index (χ4n) is 1.34. The van der Waals surface area contributed by atoms with Gasteiger partial charge in [-0.15, -0.1) is 11.3 Å². The summed E-state index contributed by atoms with van der Waals surface area (Å²) in [7, 11) is 0. The molecule has 1 aromatic heterocycles. The summed E-state index contributed by atoms with van der Waals surface area (Å²) in [6.07, 6.45) is 1.01. The Morgan fingerprint density at radius 1 is 1.47 bits per heavy atom. The molecule has 0 radical (unpaired) electrons. The molecule has 0 bridgehead atoms. The third-order valence-corrected chi connectivity index (χ3v) is 2.65. The summed E-state index contributed by atoms with van der Waals surface area (Å²) in [5, 5.41) is 1.79. The van der Waals surface area contributed by atoms with Crippen LogP contribution in [0.5, 0.6) is 0 Å². The van der Waals surface area contributed by atoms with Crippen LogP contribution >= 0.6 is 11.3 Å². The number of benzene rings is 1. The van der Waals surface area contributed by atoms with E-state index >= 15 is 0 Å². The van der Waals surface area contributed by atoms with Crippen LogP contribution in [0.25, 0.3) is 11.3 Å². The van der Waals surface area contributed by atoms with Crippen LogP contribution in [-0.2, 0) is 11.2 Å². The number of nitrogens with zero attached hydrogens (tertiary/aromatic N) is 1. The van der Waals surface area contributed by atoms with Crippen LogP contribution in [0, 0.1) is 5.82 Å². The van der Waals surface area contributed by atoms with Crippen molar-refractivity contribution in [3.05, 3.63) is 40.5 Å². The Morgan fingerprint density at radius 3 is 2.93 bits per heavy atom. The smallest absolute Gasteiger partial charge is 0.132 e. The lowest BCUT2D eigenvalue weighted by molar-refractivity contribution is -0.107. The Kier molecular flexibility index (Phi) is 2.87. The van der Waals surface area contributed by atoms with Gasteiger partial charge in [-0.3, -0.25) is 0 Å². The number of rotatable bonds is 3. The number of aldehydes is 1. The number of carbonyl (C=O) groups excluding carboxylic acids is 1. The van der Waals surface area contributed by atoms with Crippen molar-refractivity contribution in [2.24, 2.45) is 0 Å². The molecule has 76 valence electrons. The van der Waals surface area contributed by atoms with Crippen LogP contribution in [-0.4, -0.2) is 11.3 Å². The number of thiazole rings is 1. The van der Waals surface area contributed by atoms with Gasteiger partial charge in [0.1, 0.15) is 12.1 Å². The maximum atomic E-state index is 13.6. The predicted octanol–water partition coefficient (Wildman–Crippen LogP) is 2.69. The second-order valence-corrected chi connectivity index (χ2v) is 3.78. The molecule has 0 aliphatic heterocycles. The topological polar surface area (TPSA) is 30.0 Å². The van der Waals surface area contributed by atoms with E-state index in [1.165, 1.54) is 17.4 Å². The number of carbonyl (C=O) groups is 1. The molecule has 1 aromatic carbocycles. The average molecular weight is 221 g/mol. The molecule has 0 aliphatic rings. The number of hydrogen-bond donors (Lipinski definition) is 0. The van der Waals surface area contributed by atoms with Crippen LogP contribution in [0.3, 0.4) is 0 Å². The zero-order valence-corrected chi connectivity index (χ0v) is 8.63. The van der Waals surface area contributed by atoms with Crippen molar-refractivity contribution >= 4 is 17.6 Å². The molecular formula is C11H8FNOS. The average Bonchev–Trinajstić information content (AvgIpc) is 2.71. The number of aromatic nitrogens is 1. The highest BCUT2D eigenvalue weighted by atomic mass is 32.1. The molecule has 0 fully saturated rings. The Morgan fingerprint density at radius 2 is 2.33 bits per heavy atom. The lowest BCUT2D eigenvalue weighted by Gasteiger charge is -2.01. The van der Waals surface area contributed by atoms with Crippen molar-refractivity contribution in [3.63, 3.8) is 0 Å². The molecule has 1 heterocycles.